The Balaban J connectivity index is 1.91. The van der Waals surface area contributed by atoms with Crippen molar-refractivity contribution in [1.29, 1.82) is 0 Å². The maximum Gasteiger partial charge on any atom is 0.416 e. The number of methoxy groups -OCH3 is 1. The number of hydrogen-bond donors (Lipinski definition) is 0. The van der Waals surface area contributed by atoms with Gasteiger partial charge in [0, 0.05) is 12.6 Å². The molecule has 2 aromatic rings. The van der Waals surface area contributed by atoms with Gasteiger partial charge in [-0.2, -0.15) is 39.5 Å². The lowest BCUT2D eigenvalue weighted by Crippen LogP contribution is -2.50. The van der Waals surface area contributed by atoms with Crippen LogP contribution in [0.25, 0.3) is 0 Å². The van der Waals surface area contributed by atoms with Gasteiger partial charge in [-0.3, -0.25) is 14.6 Å². The molecule has 0 radical (unpaired) electrons. The fraction of sp³-hybridized carbons (Fsp3) is 0.516. The lowest BCUT2D eigenvalue weighted by molar-refractivity contribution is -0.145. The van der Waals surface area contributed by atoms with Gasteiger partial charge in [0.1, 0.15) is 0 Å². The van der Waals surface area contributed by atoms with Crippen molar-refractivity contribution < 1.29 is 68.1 Å². The van der Waals surface area contributed by atoms with E-state index in [0.29, 0.717) is 29.2 Å². The van der Waals surface area contributed by atoms with Crippen LogP contribution in [0.4, 0.5) is 54.8 Å². The third-order valence-corrected chi connectivity index (χ3v) is 8.01. The highest BCUT2D eigenvalue weighted by atomic mass is 19.4. The monoisotopic (exact) mass is 698 g/mol. The number of carbonyl (C=O) groups excluding carboxylic acids is 3. The number of anilines is 1. The molecule has 0 bridgehead atoms. The smallest absolute Gasteiger partial charge is 0.416 e. The summed E-state index contributed by atoms with van der Waals surface area (Å²) < 4.78 is 139. The van der Waals surface area contributed by atoms with Gasteiger partial charge in [0.15, 0.2) is 0 Å². The highest BCUT2D eigenvalue weighted by molar-refractivity contribution is 5.91. The van der Waals surface area contributed by atoms with E-state index in [4.69, 9.17) is 14.2 Å². The first-order chi connectivity index (χ1) is 22.2. The fourth-order valence-corrected chi connectivity index (χ4v) is 5.90. The number of ether oxygens (including phenoxy) is 3. The molecule has 264 valence electrons. The van der Waals surface area contributed by atoms with Crippen LogP contribution in [0.3, 0.4) is 0 Å². The van der Waals surface area contributed by atoms with E-state index in [9.17, 15) is 53.9 Å². The number of carbonyl (C=O) groups is 3. The van der Waals surface area contributed by atoms with Gasteiger partial charge in [0.05, 0.1) is 54.2 Å². The summed E-state index contributed by atoms with van der Waals surface area (Å²) in [6, 6.07) is 0.440. The van der Waals surface area contributed by atoms with Gasteiger partial charge < -0.3 is 14.2 Å². The van der Waals surface area contributed by atoms with Crippen molar-refractivity contribution in [3.63, 3.8) is 0 Å². The predicted molar refractivity (Wildman–Crippen MR) is 149 cm³/mol. The van der Waals surface area contributed by atoms with Gasteiger partial charge in [-0.15, -0.1) is 0 Å². The van der Waals surface area contributed by atoms with E-state index < -0.39 is 95.5 Å². The number of amides is 2. The van der Waals surface area contributed by atoms with Crippen molar-refractivity contribution in [3.05, 3.63) is 64.2 Å². The van der Waals surface area contributed by atoms with E-state index in [1.54, 1.807) is 6.92 Å². The van der Waals surface area contributed by atoms with Gasteiger partial charge >= 0.3 is 36.7 Å². The van der Waals surface area contributed by atoms with E-state index >= 15 is 0 Å². The van der Waals surface area contributed by atoms with Gasteiger partial charge in [0.2, 0.25) is 0 Å². The summed E-state index contributed by atoms with van der Waals surface area (Å²) in [6.45, 7) is 3.68. The Morgan fingerprint density at radius 2 is 1.46 bits per heavy atom. The minimum Gasteiger partial charge on any atom is -0.466 e. The molecule has 2 amide bonds. The summed E-state index contributed by atoms with van der Waals surface area (Å²) >= 11 is 0. The molecule has 0 saturated heterocycles. The van der Waals surface area contributed by atoms with E-state index in [0.717, 1.165) is 18.1 Å². The third-order valence-electron chi connectivity index (χ3n) is 8.01. The summed E-state index contributed by atoms with van der Waals surface area (Å²) in [5.74, 6) is -2.00. The highest BCUT2D eigenvalue weighted by Crippen LogP contribution is 2.53. The summed E-state index contributed by atoms with van der Waals surface area (Å²) in [4.78, 5) is 41.1. The van der Waals surface area contributed by atoms with Gasteiger partial charge in [-0.1, -0.05) is 0 Å². The second-order valence-corrected chi connectivity index (χ2v) is 11.7. The lowest BCUT2D eigenvalue weighted by Gasteiger charge is -2.44. The molecule has 8 nitrogen and oxygen atoms in total. The van der Waals surface area contributed by atoms with Crippen LogP contribution >= 0.6 is 0 Å². The van der Waals surface area contributed by atoms with Crippen LogP contribution in [0.5, 0.6) is 0 Å². The molecule has 1 aliphatic carbocycles. The number of fused-ring (bicyclic) bond motifs is 1. The maximum atomic E-state index is 14.0. The second-order valence-electron chi connectivity index (χ2n) is 11.7. The zero-order valence-electron chi connectivity index (χ0n) is 25.9. The first kappa shape index (κ1) is 36.7. The SMILES string of the molecule is CCOC(=O)[C@H]1C[C@H]1C1CC(N(Cc2cc(C(F)(F)F)cc(C(F)(F)F)c2)C(=O)OC)c2cc(C(F)(F)F)ccc2N1C(=O)OC(C)C. The average Bonchev–Trinajstić information content (AvgIpc) is 3.78. The van der Waals surface area contributed by atoms with Gasteiger partial charge in [-0.05, 0) is 87.1 Å². The standard InChI is InChI=1S/C31H31F9N2O6/c1-5-47-26(43)21-12-20(21)25-13-24(22-11-17(29(32,33)34)6-7-23(22)42(25)28(45)48-15(2)3)41(27(44)46-4)14-16-8-18(30(35,36)37)10-19(9-16)31(38,39)40/h6-11,15,20-21,24-25H,5,12-14H2,1-4H3/t20-,21+,24?,25?/m1/s1. The topological polar surface area (TPSA) is 85.4 Å². The summed E-state index contributed by atoms with van der Waals surface area (Å²) in [5, 5.41) is 0. The number of rotatable bonds is 7. The quantitative estimate of drug-likeness (QED) is 0.164. The summed E-state index contributed by atoms with van der Waals surface area (Å²) in [6.07, 6.45) is -18.5. The largest absolute Gasteiger partial charge is 0.466 e. The Bertz CT molecular complexity index is 1510. The first-order valence-corrected chi connectivity index (χ1v) is 14.7. The molecule has 1 saturated carbocycles. The Kier molecular flexibility index (Phi) is 10.2. The van der Waals surface area contributed by atoms with Crippen LogP contribution in [0.1, 0.15) is 67.5 Å². The molecule has 2 unspecified atom stereocenters. The maximum absolute atomic E-state index is 14.0. The van der Waals surface area contributed by atoms with Crippen molar-refractivity contribution >= 4 is 23.8 Å². The molecule has 17 heteroatoms. The van der Waals surface area contributed by atoms with E-state index in [1.165, 1.54) is 13.8 Å². The van der Waals surface area contributed by atoms with Crippen molar-refractivity contribution in [2.24, 2.45) is 11.8 Å². The Labute approximate surface area is 268 Å². The van der Waals surface area contributed by atoms with E-state index in [1.807, 2.05) is 0 Å². The normalized spacial score (nSPS) is 21.0. The van der Waals surface area contributed by atoms with Crippen LogP contribution in [0.15, 0.2) is 36.4 Å². The highest BCUT2D eigenvalue weighted by Gasteiger charge is 2.55. The minimum absolute atomic E-state index is 0.0323. The van der Waals surface area contributed by atoms with Crippen LogP contribution < -0.4 is 4.90 Å². The number of nitrogens with zero attached hydrogens (tertiary/aromatic N) is 2. The molecule has 1 heterocycles. The van der Waals surface area contributed by atoms with Gasteiger partial charge in [0.25, 0.3) is 0 Å². The molecule has 1 aliphatic heterocycles. The molecule has 0 spiro atoms. The Hall–Kier alpha value is -4.18. The van der Waals surface area contributed by atoms with Gasteiger partial charge in [-0.25, -0.2) is 9.59 Å². The third kappa shape index (κ3) is 7.92. The minimum atomic E-state index is -5.22. The zero-order chi connectivity index (χ0) is 35.9. The second kappa shape index (κ2) is 13.4. The molecule has 0 N–H and O–H groups in total. The van der Waals surface area contributed by atoms with Crippen molar-refractivity contribution in [1.82, 2.24) is 4.90 Å². The molecular formula is C31H31F9N2O6. The van der Waals surface area contributed by atoms with E-state index in [2.05, 4.69) is 0 Å². The van der Waals surface area contributed by atoms with Crippen molar-refractivity contribution in [3.8, 4) is 0 Å². The first-order valence-electron chi connectivity index (χ1n) is 14.7. The van der Waals surface area contributed by atoms with Crippen LogP contribution in [0, 0.1) is 11.8 Å². The Morgan fingerprint density at radius 1 is 0.875 bits per heavy atom. The number of halogens is 9. The Morgan fingerprint density at radius 3 is 1.96 bits per heavy atom. The number of esters is 1. The zero-order valence-corrected chi connectivity index (χ0v) is 25.9. The molecular weight excluding hydrogens is 667 g/mol. The van der Waals surface area contributed by atoms with Crippen LogP contribution in [-0.2, 0) is 44.1 Å². The van der Waals surface area contributed by atoms with Crippen molar-refractivity contribution in [2.45, 2.75) is 76.9 Å². The summed E-state index contributed by atoms with van der Waals surface area (Å²) in [5.41, 5.74) is -5.67. The molecule has 4 rings (SSSR count). The molecule has 1 fully saturated rings. The fourth-order valence-electron chi connectivity index (χ4n) is 5.90. The summed E-state index contributed by atoms with van der Waals surface area (Å²) in [7, 11) is 0.875. The number of alkyl halides is 9. The molecule has 48 heavy (non-hydrogen) atoms. The number of benzene rings is 2. The molecule has 2 aliphatic rings. The molecule has 0 aromatic heterocycles. The predicted octanol–water partition coefficient (Wildman–Crippen LogP) is 8.38. The lowest BCUT2D eigenvalue weighted by atomic mass is 9.86. The van der Waals surface area contributed by atoms with Crippen LogP contribution in [-0.4, -0.2) is 48.9 Å². The molecule has 2 aromatic carbocycles. The molecule has 4 atom stereocenters. The van der Waals surface area contributed by atoms with Crippen molar-refractivity contribution in [2.75, 3.05) is 18.6 Å². The van der Waals surface area contributed by atoms with E-state index in [-0.39, 0.29) is 36.8 Å². The average molecular weight is 699 g/mol. The number of hydrogen-bond acceptors (Lipinski definition) is 6. The van der Waals surface area contributed by atoms with Crippen LogP contribution in [0.2, 0.25) is 0 Å².